The van der Waals surface area contributed by atoms with Gasteiger partial charge in [0.2, 0.25) is 5.56 Å². The van der Waals surface area contributed by atoms with Gasteiger partial charge in [-0.25, -0.2) is 0 Å². The molecule has 4 nitrogen and oxygen atoms in total. The lowest BCUT2D eigenvalue weighted by Gasteiger charge is -2.10. The number of carbonyl (C=O) groups excluding carboxylic acids is 1. The number of hydrogen-bond donors (Lipinski definition) is 1. The summed E-state index contributed by atoms with van der Waals surface area (Å²) in [5.41, 5.74) is 3.32. The largest absolute Gasteiger partial charge is 0.469 e. The van der Waals surface area contributed by atoms with Crippen LogP contribution in [0.2, 0.25) is 0 Å². The smallest absolute Gasteiger partial charge is 0.310 e. The van der Waals surface area contributed by atoms with E-state index < -0.39 is 0 Å². The Morgan fingerprint density at radius 1 is 1.28 bits per heavy atom. The first-order chi connectivity index (χ1) is 8.52. The number of aryl methyl sites for hydroxylation is 2. The van der Waals surface area contributed by atoms with E-state index in [1.165, 1.54) is 13.2 Å². The molecular weight excluding hydrogens is 230 g/mol. The highest BCUT2D eigenvalue weighted by Gasteiger charge is 2.11. The van der Waals surface area contributed by atoms with Gasteiger partial charge in [0.05, 0.1) is 19.0 Å². The molecule has 1 heterocycles. The van der Waals surface area contributed by atoms with Crippen molar-refractivity contribution in [1.29, 1.82) is 0 Å². The van der Waals surface area contributed by atoms with E-state index in [1.54, 1.807) is 0 Å². The fraction of sp³-hybridized carbons (Fsp3) is 0.286. The molecule has 0 amide bonds. The van der Waals surface area contributed by atoms with Crippen LogP contribution in [0.1, 0.15) is 16.7 Å². The highest BCUT2D eigenvalue weighted by Crippen LogP contribution is 2.23. The lowest BCUT2D eigenvalue weighted by atomic mass is 9.99. The summed E-state index contributed by atoms with van der Waals surface area (Å²) in [5.74, 6) is -0.345. The molecule has 94 valence electrons. The maximum absolute atomic E-state index is 11.6. The van der Waals surface area contributed by atoms with Gasteiger partial charge >= 0.3 is 5.97 Å². The van der Waals surface area contributed by atoms with Crippen LogP contribution >= 0.6 is 0 Å². The van der Waals surface area contributed by atoms with Crippen molar-refractivity contribution in [2.45, 2.75) is 20.3 Å². The van der Waals surface area contributed by atoms with Crippen LogP contribution in [-0.4, -0.2) is 18.1 Å². The van der Waals surface area contributed by atoms with Crippen molar-refractivity contribution in [3.63, 3.8) is 0 Å². The number of H-pyrrole nitrogens is 1. The van der Waals surface area contributed by atoms with Crippen molar-refractivity contribution in [3.05, 3.63) is 45.2 Å². The number of hydrogen-bond acceptors (Lipinski definition) is 3. The molecule has 0 radical (unpaired) electrons. The van der Waals surface area contributed by atoms with E-state index in [0.29, 0.717) is 5.56 Å². The van der Waals surface area contributed by atoms with Crippen molar-refractivity contribution in [2.75, 3.05) is 7.11 Å². The fourth-order valence-corrected chi connectivity index (χ4v) is 2.14. The van der Waals surface area contributed by atoms with Gasteiger partial charge in [0.1, 0.15) is 0 Å². The molecule has 0 atom stereocenters. The van der Waals surface area contributed by atoms with Crippen LogP contribution in [0.3, 0.4) is 0 Å². The van der Waals surface area contributed by atoms with E-state index >= 15 is 0 Å². The van der Waals surface area contributed by atoms with Crippen molar-refractivity contribution >= 4 is 16.9 Å². The quantitative estimate of drug-likeness (QED) is 0.821. The number of benzene rings is 1. The molecule has 4 heteroatoms. The third kappa shape index (κ3) is 2.14. The number of pyridine rings is 1. The summed E-state index contributed by atoms with van der Waals surface area (Å²) >= 11 is 0. The Bertz CT molecular complexity index is 671. The number of esters is 1. The Hall–Kier alpha value is -2.10. The number of ether oxygens (including phenoxy) is 1. The molecule has 0 aliphatic rings. The number of methoxy groups -OCH3 is 1. The molecule has 0 fully saturated rings. The van der Waals surface area contributed by atoms with E-state index in [2.05, 4.69) is 9.72 Å². The predicted molar refractivity (Wildman–Crippen MR) is 69.8 cm³/mol. The van der Waals surface area contributed by atoms with Gasteiger partial charge in [-0.3, -0.25) is 9.59 Å². The maximum atomic E-state index is 11.6. The molecule has 0 saturated carbocycles. The Balaban J connectivity index is 2.76. The number of aromatic amines is 1. The van der Waals surface area contributed by atoms with Crippen molar-refractivity contribution in [3.8, 4) is 0 Å². The zero-order chi connectivity index (χ0) is 13.3. The van der Waals surface area contributed by atoms with Crippen molar-refractivity contribution in [1.82, 2.24) is 4.98 Å². The van der Waals surface area contributed by atoms with Crippen LogP contribution in [0.4, 0.5) is 0 Å². The summed E-state index contributed by atoms with van der Waals surface area (Å²) in [6.45, 7) is 3.89. The minimum absolute atomic E-state index is 0.112. The second kappa shape index (κ2) is 4.64. The average Bonchev–Trinajstić information content (AvgIpc) is 2.33. The van der Waals surface area contributed by atoms with Crippen molar-refractivity contribution in [2.24, 2.45) is 0 Å². The summed E-state index contributed by atoms with van der Waals surface area (Å²) in [6, 6.07) is 5.40. The molecule has 0 aliphatic carbocycles. The van der Waals surface area contributed by atoms with Gasteiger partial charge in [-0.2, -0.15) is 0 Å². The Labute approximate surface area is 105 Å². The molecule has 0 bridgehead atoms. The second-order valence-corrected chi connectivity index (χ2v) is 4.36. The number of nitrogens with one attached hydrogen (secondary N) is 1. The monoisotopic (exact) mass is 245 g/mol. The van der Waals surface area contributed by atoms with E-state index in [4.69, 9.17) is 0 Å². The van der Waals surface area contributed by atoms with Crippen LogP contribution in [0, 0.1) is 13.8 Å². The fourth-order valence-electron chi connectivity index (χ4n) is 2.14. The molecule has 1 aromatic heterocycles. The molecule has 0 aliphatic heterocycles. The number of fused-ring (bicyclic) bond motifs is 1. The third-order valence-corrected chi connectivity index (χ3v) is 3.06. The summed E-state index contributed by atoms with van der Waals surface area (Å²) in [5, 5.41) is 0.931. The summed E-state index contributed by atoms with van der Waals surface area (Å²) in [4.78, 5) is 25.9. The zero-order valence-corrected chi connectivity index (χ0v) is 10.7. The second-order valence-electron chi connectivity index (χ2n) is 4.36. The van der Waals surface area contributed by atoms with Gasteiger partial charge in [0.25, 0.3) is 0 Å². The van der Waals surface area contributed by atoms with Gasteiger partial charge in [-0.1, -0.05) is 12.1 Å². The van der Waals surface area contributed by atoms with Gasteiger partial charge in [-0.15, -0.1) is 0 Å². The Morgan fingerprint density at radius 2 is 1.94 bits per heavy atom. The van der Waals surface area contributed by atoms with Gasteiger partial charge in [0, 0.05) is 11.5 Å². The average molecular weight is 245 g/mol. The summed E-state index contributed by atoms with van der Waals surface area (Å²) in [6.07, 6.45) is 0.112. The molecular formula is C14H15NO3. The molecule has 1 aromatic carbocycles. The molecule has 0 unspecified atom stereocenters. The van der Waals surface area contributed by atoms with Crippen molar-refractivity contribution < 1.29 is 9.53 Å². The third-order valence-electron chi connectivity index (χ3n) is 3.06. The lowest BCUT2D eigenvalue weighted by Crippen LogP contribution is -2.12. The van der Waals surface area contributed by atoms with Gasteiger partial charge in [0.15, 0.2) is 0 Å². The first-order valence-corrected chi connectivity index (χ1v) is 5.72. The molecule has 18 heavy (non-hydrogen) atoms. The Morgan fingerprint density at radius 3 is 2.61 bits per heavy atom. The first kappa shape index (κ1) is 12.4. The maximum Gasteiger partial charge on any atom is 0.310 e. The van der Waals surface area contributed by atoms with Crippen LogP contribution in [0.5, 0.6) is 0 Å². The highest BCUT2D eigenvalue weighted by atomic mass is 16.5. The van der Waals surface area contributed by atoms with E-state index in [0.717, 1.165) is 22.0 Å². The normalized spacial score (nSPS) is 10.6. The molecule has 0 spiro atoms. The number of rotatable bonds is 2. The molecule has 1 N–H and O–H groups in total. The van der Waals surface area contributed by atoms with Crippen LogP contribution in [0.15, 0.2) is 23.0 Å². The number of aromatic nitrogens is 1. The SMILES string of the molecule is COC(=O)Cc1cc(=O)[nH]c2c(C)ccc(C)c12. The summed E-state index contributed by atoms with van der Waals surface area (Å²) in [7, 11) is 1.34. The van der Waals surface area contributed by atoms with E-state index in [1.807, 2.05) is 26.0 Å². The molecule has 2 rings (SSSR count). The Kier molecular flexibility index (Phi) is 3.19. The first-order valence-electron chi connectivity index (χ1n) is 5.72. The van der Waals surface area contributed by atoms with E-state index in [-0.39, 0.29) is 17.9 Å². The topological polar surface area (TPSA) is 59.2 Å². The minimum atomic E-state index is -0.345. The summed E-state index contributed by atoms with van der Waals surface area (Å²) < 4.78 is 4.66. The molecule has 0 saturated heterocycles. The van der Waals surface area contributed by atoms with Gasteiger partial charge < -0.3 is 9.72 Å². The van der Waals surface area contributed by atoms with Crippen LogP contribution in [-0.2, 0) is 16.0 Å². The zero-order valence-electron chi connectivity index (χ0n) is 10.7. The van der Waals surface area contributed by atoms with Crippen LogP contribution in [0.25, 0.3) is 10.9 Å². The highest BCUT2D eigenvalue weighted by molar-refractivity contribution is 5.90. The molecule has 2 aromatic rings. The van der Waals surface area contributed by atoms with Gasteiger partial charge in [-0.05, 0) is 30.5 Å². The minimum Gasteiger partial charge on any atom is -0.469 e. The standard InChI is InChI=1S/C14H15NO3/c1-8-4-5-9(2)14-13(8)10(6-11(16)15-14)7-12(17)18-3/h4-6H,7H2,1-3H3,(H,15,16). The van der Waals surface area contributed by atoms with E-state index in [9.17, 15) is 9.59 Å². The number of carbonyl (C=O) groups is 1. The van der Waals surface area contributed by atoms with Crippen LogP contribution < -0.4 is 5.56 Å². The predicted octanol–water partition coefficient (Wildman–Crippen LogP) is 1.86. The lowest BCUT2D eigenvalue weighted by molar-refractivity contribution is -0.139.